The zero-order valence-electron chi connectivity index (χ0n) is 8.91. The van der Waals surface area contributed by atoms with Gasteiger partial charge in [-0.3, -0.25) is 4.79 Å². The van der Waals surface area contributed by atoms with E-state index in [0.29, 0.717) is 13.1 Å². The lowest BCUT2D eigenvalue weighted by Crippen LogP contribution is -2.53. The Morgan fingerprint density at radius 1 is 1.57 bits per heavy atom. The monoisotopic (exact) mass is 202 g/mol. The summed E-state index contributed by atoms with van der Waals surface area (Å²) in [6.07, 6.45) is -0.999. The van der Waals surface area contributed by atoms with E-state index in [0.717, 1.165) is 0 Å². The molecule has 5 heteroatoms. The van der Waals surface area contributed by atoms with Gasteiger partial charge in [0.1, 0.15) is 0 Å². The van der Waals surface area contributed by atoms with Crippen LogP contribution in [0.3, 0.4) is 0 Å². The minimum Gasteiger partial charge on any atom is -0.356 e. The van der Waals surface area contributed by atoms with Crippen LogP contribution in [-0.4, -0.2) is 47.6 Å². The second-order valence-electron chi connectivity index (χ2n) is 4.38. The molecule has 1 saturated heterocycles. The van der Waals surface area contributed by atoms with E-state index in [1.165, 1.54) is 0 Å². The molecular formula is C9H18N2O3. The van der Waals surface area contributed by atoms with E-state index in [2.05, 4.69) is 5.32 Å². The highest BCUT2D eigenvalue weighted by Crippen LogP contribution is 2.12. The fourth-order valence-corrected chi connectivity index (χ4v) is 1.24. The van der Waals surface area contributed by atoms with Crippen LogP contribution in [0, 0.1) is 0 Å². The number of piperazine rings is 1. The maximum Gasteiger partial charge on any atom is 0.234 e. The first kappa shape index (κ1) is 11.4. The van der Waals surface area contributed by atoms with Crippen molar-refractivity contribution in [3.8, 4) is 0 Å². The summed E-state index contributed by atoms with van der Waals surface area (Å²) in [6.45, 7) is 6.95. The minimum absolute atomic E-state index is 0.0761. The fourth-order valence-electron chi connectivity index (χ4n) is 1.24. The Labute approximate surface area is 84.0 Å². The van der Waals surface area contributed by atoms with Gasteiger partial charge in [0.05, 0.1) is 12.1 Å². The molecule has 0 saturated carbocycles. The van der Waals surface area contributed by atoms with Crippen molar-refractivity contribution in [2.45, 2.75) is 32.8 Å². The van der Waals surface area contributed by atoms with Crippen LogP contribution in [0.5, 0.6) is 0 Å². The third-order valence-corrected chi connectivity index (χ3v) is 1.84. The SMILES string of the molecule is CC(C)(C)O[C@H](O)N1CCNC(=O)C1. The molecular weight excluding hydrogens is 184 g/mol. The summed E-state index contributed by atoms with van der Waals surface area (Å²) < 4.78 is 5.33. The molecule has 1 fully saturated rings. The van der Waals surface area contributed by atoms with Crippen molar-refractivity contribution in [1.29, 1.82) is 0 Å². The van der Waals surface area contributed by atoms with Crippen LogP contribution in [0.4, 0.5) is 0 Å². The molecule has 1 atom stereocenters. The van der Waals surface area contributed by atoms with Crippen molar-refractivity contribution in [1.82, 2.24) is 10.2 Å². The highest BCUT2D eigenvalue weighted by Gasteiger charge is 2.26. The smallest absolute Gasteiger partial charge is 0.234 e. The third kappa shape index (κ3) is 3.61. The molecule has 5 nitrogen and oxygen atoms in total. The first-order valence-electron chi connectivity index (χ1n) is 4.75. The lowest BCUT2D eigenvalue weighted by atomic mass is 10.2. The van der Waals surface area contributed by atoms with Crippen LogP contribution in [0.25, 0.3) is 0 Å². The third-order valence-electron chi connectivity index (χ3n) is 1.84. The molecule has 1 aliphatic rings. The highest BCUT2D eigenvalue weighted by molar-refractivity contribution is 5.78. The van der Waals surface area contributed by atoms with Crippen LogP contribution in [0.15, 0.2) is 0 Å². The van der Waals surface area contributed by atoms with E-state index in [1.54, 1.807) is 4.90 Å². The lowest BCUT2D eigenvalue weighted by Gasteiger charge is -2.34. The number of amides is 1. The molecule has 0 unspecified atom stereocenters. The fraction of sp³-hybridized carbons (Fsp3) is 0.889. The van der Waals surface area contributed by atoms with Gasteiger partial charge in [0, 0.05) is 13.1 Å². The maximum absolute atomic E-state index is 11.0. The van der Waals surface area contributed by atoms with Crippen molar-refractivity contribution in [3.63, 3.8) is 0 Å². The van der Waals surface area contributed by atoms with Gasteiger partial charge in [0.15, 0.2) is 0 Å². The Bertz CT molecular complexity index is 213. The second-order valence-corrected chi connectivity index (χ2v) is 4.38. The van der Waals surface area contributed by atoms with Gasteiger partial charge in [-0.1, -0.05) is 0 Å². The molecule has 0 radical (unpaired) electrons. The molecule has 0 aromatic heterocycles. The number of hydrogen-bond acceptors (Lipinski definition) is 4. The average Bonchev–Trinajstić information content (AvgIpc) is 2.01. The van der Waals surface area contributed by atoms with Crippen LogP contribution < -0.4 is 5.32 Å². The number of aliphatic hydroxyl groups is 1. The van der Waals surface area contributed by atoms with Crippen LogP contribution in [-0.2, 0) is 9.53 Å². The Morgan fingerprint density at radius 2 is 2.21 bits per heavy atom. The van der Waals surface area contributed by atoms with E-state index in [1.807, 2.05) is 20.8 Å². The van der Waals surface area contributed by atoms with Crippen molar-refractivity contribution in [2.75, 3.05) is 19.6 Å². The first-order chi connectivity index (χ1) is 6.38. The Balaban J connectivity index is 2.43. The standard InChI is InChI=1S/C9H18N2O3/c1-9(2,3)14-8(13)11-5-4-10-7(12)6-11/h8,13H,4-6H2,1-3H3,(H,10,12)/t8-/m0/s1. The average molecular weight is 202 g/mol. The number of aliphatic hydroxyl groups excluding tert-OH is 1. The molecule has 1 heterocycles. The number of carbonyl (C=O) groups is 1. The predicted molar refractivity (Wildman–Crippen MR) is 51.4 cm³/mol. The van der Waals surface area contributed by atoms with Crippen molar-refractivity contribution in [2.24, 2.45) is 0 Å². The van der Waals surface area contributed by atoms with E-state index in [-0.39, 0.29) is 12.5 Å². The summed E-state index contributed by atoms with van der Waals surface area (Å²) in [5.41, 5.74) is -0.409. The van der Waals surface area contributed by atoms with Gasteiger partial charge in [-0.15, -0.1) is 0 Å². The minimum atomic E-state index is -0.999. The molecule has 14 heavy (non-hydrogen) atoms. The zero-order valence-corrected chi connectivity index (χ0v) is 8.91. The first-order valence-corrected chi connectivity index (χ1v) is 4.75. The summed E-state index contributed by atoms with van der Waals surface area (Å²) >= 11 is 0. The van der Waals surface area contributed by atoms with Crippen molar-refractivity contribution >= 4 is 5.91 Å². The number of nitrogens with one attached hydrogen (secondary N) is 1. The topological polar surface area (TPSA) is 61.8 Å². The predicted octanol–water partition coefficient (Wildman–Crippen LogP) is -0.491. The molecule has 1 amide bonds. The van der Waals surface area contributed by atoms with E-state index < -0.39 is 12.0 Å². The van der Waals surface area contributed by atoms with Gasteiger partial charge in [0.25, 0.3) is 0 Å². The summed E-state index contributed by atoms with van der Waals surface area (Å²) in [6, 6.07) is 0. The number of carbonyl (C=O) groups excluding carboxylic acids is 1. The summed E-state index contributed by atoms with van der Waals surface area (Å²) in [7, 11) is 0. The van der Waals surface area contributed by atoms with Crippen LogP contribution in [0.1, 0.15) is 20.8 Å². The van der Waals surface area contributed by atoms with Gasteiger partial charge < -0.3 is 15.2 Å². The maximum atomic E-state index is 11.0. The Morgan fingerprint density at radius 3 is 2.71 bits per heavy atom. The zero-order chi connectivity index (χ0) is 10.8. The molecule has 0 aromatic carbocycles. The van der Waals surface area contributed by atoms with Gasteiger partial charge in [-0.2, -0.15) is 0 Å². The molecule has 1 aliphatic heterocycles. The molecule has 0 aromatic rings. The van der Waals surface area contributed by atoms with Crippen molar-refractivity contribution < 1.29 is 14.6 Å². The lowest BCUT2D eigenvalue weighted by molar-refractivity contribution is -0.240. The number of ether oxygens (including phenoxy) is 1. The largest absolute Gasteiger partial charge is 0.356 e. The van der Waals surface area contributed by atoms with E-state index in [9.17, 15) is 9.90 Å². The molecule has 0 spiro atoms. The number of nitrogens with zero attached hydrogens (tertiary/aromatic N) is 1. The van der Waals surface area contributed by atoms with Gasteiger partial charge in [0.2, 0.25) is 12.3 Å². The van der Waals surface area contributed by atoms with Gasteiger partial charge >= 0.3 is 0 Å². The molecule has 1 rings (SSSR count). The van der Waals surface area contributed by atoms with Gasteiger partial charge in [-0.25, -0.2) is 4.90 Å². The summed E-state index contributed by atoms with van der Waals surface area (Å²) in [4.78, 5) is 12.6. The van der Waals surface area contributed by atoms with Gasteiger partial charge in [-0.05, 0) is 20.8 Å². The van der Waals surface area contributed by atoms with Crippen molar-refractivity contribution in [3.05, 3.63) is 0 Å². The highest BCUT2D eigenvalue weighted by atomic mass is 16.6. The molecule has 2 N–H and O–H groups in total. The second kappa shape index (κ2) is 4.25. The summed E-state index contributed by atoms with van der Waals surface area (Å²) in [5.74, 6) is -0.0761. The van der Waals surface area contributed by atoms with Crippen LogP contribution >= 0.6 is 0 Å². The molecule has 0 bridgehead atoms. The number of rotatable bonds is 2. The quantitative estimate of drug-likeness (QED) is 0.593. The van der Waals surface area contributed by atoms with Crippen LogP contribution in [0.2, 0.25) is 0 Å². The normalized spacial score (nSPS) is 21.9. The molecule has 0 aliphatic carbocycles. The Hall–Kier alpha value is -0.650. The number of hydrogen-bond donors (Lipinski definition) is 2. The molecule has 82 valence electrons. The van der Waals surface area contributed by atoms with E-state index >= 15 is 0 Å². The summed E-state index contributed by atoms with van der Waals surface area (Å²) in [5, 5.41) is 12.3. The van der Waals surface area contributed by atoms with E-state index in [4.69, 9.17) is 4.74 Å². The Kier molecular flexibility index (Phi) is 3.47.